The largest absolute Gasteiger partial charge is 0.444 e. The normalized spacial score (nSPS) is 18.8. The van der Waals surface area contributed by atoms with E-state index in [0.29, 0.717) is 12.5 Å². The van der Waals surface area contributed by atoms with E-state index in [1.165, 1.54) is 19.3 Å². The standard InChI is InChI=1S/C12H23NO3/c1-12(2,3)16-11(15)13-7-10(8-14)9-5-4-6-9/h9-10,14H,4-8H2,1-3H3,(H,13,15). The van der Waals surface area contributed by atoms with Gasteiger partial charge in [-0.15, -0.1) is 0 Å². The molecule has 0 saturated heterocycles. The molecule has 0 heterocycles. The fourth-order valence-electron chi connectivity index (χ4n) is 1.82. The van der Waals surface area contributed by atoms with Crippen LogP contribution in [0.25, 0.3) is 0 Å². The molecule has 1 unspecified atom stereocenters. The van der Waals surface area contributed by atoms with Crippen molar-refractivity contribution in [3.8, 4) is 0 Å². The van der Waals surface area contributed by atoms with Gasteiger partial charge < -0.3 is 15.2 Å². The zero-order valence-corrected chi connectivity index (χ0v) is 10.5. The summed E-state index contributed by atoms with van der Waals surface area (Å²) in [6.07, 6.45) is 3.18. The quantitative estimate of drug-likeness (QED) is 0.774. The maximum atomic E-state index is 11.4. The maximum absolute atomic E-state index is 11.4. The first-order valence-electron chi connectivity index (χ1n) is 6.00. The van der Waals surface area contributed by atoms with E-state index in [4.69, 9.17) is 4.74 Å². The van der Waals surface area contributed by atoms with Crippen LogP contribution in [0, 0.1) is 11.8 Å². The molecular formula is C12H23NO3. The Morgan fingerprint density at radius 1 is 1.50 bits per heavy atom. The lowest BCUT2D eigenvalue weighted by atomic mass is 9.76. The summed E-state index contributed by atoms with van der Waals surface area (Å²) >= 11 is 0. The Labute approximate surface area is 97.4 Å². The average molecular weight is 229 g/mol. The smallest absolute Gasteiger partial charge is 0.407 e. The van der Waals surface area contributed by atoms with Gasteiger partial charge in [0.25, 0.3) is 0 Å². The molecule has 0 aromatic heterocycles. The van der Waals surface area contributed by atoms with Gasteiger partial charge in [-0.2, -0.15) is 0 Å². The van der Waals surface area contributed by atoms with Crippen molar-refractivity contribution >= 4 is 6.09 Å². The Kier molecular flexibility index (Phi) is 4.59. The molecule has 4 nitrogen and oxygen atoms in total. The van der Waals surface area contributed by atoms with Crippen molar-refractivity contribution in [3.05, 3.63) is 0 Å². The first-order chi connectivity index (χ1) is 7.42. The number of alkyl carbamates (subject to hydrolysis) is 1. The predicted molar refractivity (Wildman–Crippen MR) is 62.2 cm³/mol. The van der Waals surface area contributed by atoms with Gasteiger partial charge >= 0.3 is 6.09 Å². The van der Waals surface area contributed by atoms with Crippen molar-refractivity contribution < 1.29 is 14.6 Å². The molecule has 1 aliphatic carbocycles. The maximum Gasteiger partial charge on any atom is 0.407 e. The second kappa shape index (κ2) is 5.53. The Morgan fingerprint density at radius 2 is 2.12 bits per heavy atom. The third-order valence-electron chi connectivity index (χ3n) is 2.96. The summed E-state index contributed by atoms with van der Waals surface area (Å²) in [5.74, 6) is 0.751. The number of aliphatic hydroxyl groups is 1. The highest BCUT2D eigenvalue weighted by Crippen LogP contribution is 2.32. The van der Waals surface area contributed by atoms with Crippen LogP contribution in [-0.4, -0.2) is 30.0 Å². The lowest BCUT2D eigenvalue weighted by molar-refractivity contribution is 0.0484. The second-order valence-corrected chi connectivity index (χ2v) is 5.52. The molecular weight excluding hydrogens is 206 g/mol. The van der Waals surface area contributed by atoms with Gasteiger partial charge in [-0.05, 0) is 26.7 Å². The first-order valence-corrected chi connectivity index (χ1v) is 6.00. The molecule has 0 bridgehead atoms. The monoisotopic (exact) mass is 229 g/mol. The van der Waals surface area contributed by atoms with Gasteiger partial charge in [0.2, 0.25) is 0 Å². The van der Waals surface area contributed by atoms with E-state index in [1.807, 2.05) is 20.8 Å². The number of nitrogens with one attached hydrogen (secondary N) is 1. The summed E-state index contributed by atoms with van der Waals surface area (Å²) in [7, 11) is 0. The highest BCUT2D eigenvalue weighted by Gasteiger charge is 2.27. The molecule has 2 N–H and O–H groups in total. The van der Waals surface area contributed by atoms with E-state index in [9.17, 15) is 9.90 Å². The molecule has 4 heteroatoms. The van der Waals surface area contributed by atoms with Crippen LogP contribution in [0.1, 0.15) is 40.0 Å². The summed E-state index contributed by atoms with van der Waals surface area (Å²) < 4.78 is 5.13. The van der Waals surface area contributed by atoms with Crippen molar-refractivity contribution in [1.82, 2.24) is 5.32 Å². The van der Waals surface area contributed by atoms with Crippen LogP contribution < -0.4 is 5.32 Å². The van der Waals surface area contributed by atoms with Gasteiger partial charge in [-0.1, -0.05) is 19.3 Å². The van der Waals surface area contributed by atoms with Crippen LogP contribution in [-0.2, 0) is 4.74 Å². The van der Waals surface area contributed by atoms with Crippen LogP contribution in [0.3, 0.4) is 0 Å². The SMILES string of the molecule is CC(C)(C)OC(=O)NCC(CO)C1CCC1. The summed E-state index contributed by atoms with van der Waals surface area (Å²) in [5, 5.41) is 11.9. The van der Waals surface area contributed by atoms with Gasteiger partial charge in [-0.25, -0.2) is 4.79 Å². The number of ether oxygens (including phenoxy) is 1. The van der Waals surface area contributed by atoms with Crippen LogP contribution in [0.2, 0.25) is 0 Å². The number of rotatable bonds is 4. The van der Waals surface area contributed by atoms with Crippen molar-refractivity contribution in [2.45, 2.75) is 45.6 Å². The van der Waals surface area contributed by atoms with Gasteiger partial charge in [0, 0.05) is 19.1 Å². The van der Waals surface area contributed by atoms with Crippen molar-refractivity contribution in [2.75, 3.05) is 13.2 Å². The van der Waals surface area contributed by atoms with Crippen LogP contribution in [0.4, 0.5) is 4.79 Å². The fraction of sp³-hybridized carbons (Fsp3) is 0.917. The topological polar surface area (TPSA) is 58.6 Å². The molecule has 1 rings (SSSR count). The van der Waals surface area contributed by atoms with Crippen LogP contribution in [0.15, 0.2) is 0 Å². The molecule has 0 aliphatic heterocycles. The first kappa shape index (κ1) is 13.3. The summed E-state index contributed by atoms with van der Waals surface area (Å²) in [4.78, 5) is 11.4. The molecule has 1 aliphatic rings. The van der Waals surface area contributed by atoms with Crippen molar-refractivity contribution in [2.24, 2.45) is 11.8 Å². The molecule has 1 atom stereocenters. The minimum absolute atomic E-state index is 0.139. The third kappa shape index (κ3) is 4.39. The van der Waals surface area contributed by atoms with Gasteiger partial charge in [-0.3, -0.25) is 0 Å². The number of carbonyl (C=O) groups is 1. The Balaban J connectivity index is 2.23. The molecule has 16 heavy (non-hydrogen) atoms. The number of amides is 1. The Hall–Kier alpha value is -0.770. The second-order valence-electron chi connectivity index (χ2n) is 5.52. The lowest BCUT2D eigenvalue weighted by Gasteiger charge is -2.32. The number of carbonyl (C=O) groups excluding carboxylic acids is 1. The summed E-state index contributed by atoms with van der Waals surface area (Å²) in [6, 6.07) is 0. The minimum Gasteiger partial charge on any atom is -0.444 e. The zero-order chi connectivity index (χ0) is 12.2. The molecule has 0 radical (unpaired) electrons. The molecule has 0 spiro atoms. The molecule has 0 aromatic rings. The predicted octanol–water partition coefficient (Wildman–Crippen LogP) is 1.92. The average Bonchev–Trinajstić information content (AvgIpc) is 2.05. The van der Waals surface area contributed by atoms with Gasteiger partial charge in [0.05, 0.1) is 0 Å². The molecule has 1 amide bonds. The number of hydrogen-bond acceptors (Lipinski definition) is 3. The zero-order valence-electron chi connectivity index (χ0n) is 10.5. The molecule has 94 valence electrons. The minimum atomic E-state index is -0.463. The highest BCUT2D eigenvalue weighted by molar-refractivity contribution is 5.67. The van der Waals surface area contributed by atoms with Crippen LogP contribution in [0.5, 0.6) is 0 Å². The summed E-state index contributed by atoms with van der Waals surface area (Å²) in [5.41, 5.74) is -0.463. The van der Waals surface area contributed by atoms with E-state index >= 15 is 0 Å². The van der Waals surface area contributed by atoms with E-state index < -0.39 is 11.7 Å². The van der Waals surface area contributed by atoms with E-state index in [1.54, 1.807) is 0 Å². The highest BCUT2D eigenvalue weighted by atomic mass is 16.6. The van der Waals surface area contributed by atoms with Crippen molar-refractivity contribution in [1.29, 1.82) is 0 Å². The summed E-state index contributed by atoms with van der Waals surface area (Å²) in [6.45, 7) is 6.16. The Morgan fingerprint density at radius 3 is 2.50 bits per heavy atom. The fourth-order valence-corrected chi connectivity index (χ4v) is 1.82. The van der Waals surface area contributed by atoms with Gasteiger partial charge in [0.15, 0.2) is 0 Å². The molecule has 1 fully saturated rings. The third-order valence-corrected chi connectivity index (χ3v) is 2.96. The van der Waals surface area contributed by atoms with E-state index in [2.05, 4.69) is 5.32 Å². The van der Waals surface area contributed by atoms with Gasteiger partial charge in [0.1, 0.15) is 5.60 Å². The number of aliphatic hydroxyl groups excluding tert-OH is 1. The molecule has 1 saturated carbocycles. The number of hydrogen-bond donors (Lipinski definition) is 2. The Bertz CT molecular complexity index is 231. The lowest BCUT2D eigenvalue weighted by Crippen LogP contribution is -2.39. The van der Waals surface area contributed by atoms with E-state index in [0.717, 1.165) is 0 Å². The van der Waals surface area contributed by atoms with Crippen LogP contribution >= 0.6 is 0 Å². The van der Waals surface area contributed by atoms with E-state index in [-0.39, 0.29) is 12.5 Å². The van der Waals surface area contributed by atoms with Crippen molar-refractivity contribution in [3.63, 3.8) is 0 Å². The molecule has 0 aromatic carbocycles.